The van der Waals surface area contributed by atoms with E-state index in [0.29, 0.717) is 0 Å². The fraction of sp³-hybridized carbons (Fsp3) is 0.0588. The van der Waals surface area contributed by atoms with Crippen molar-refractivity contribution in [3.63, 3.8) is 0 Å². The van der Waals surface area contributed by atoms with Gasteiger partial charge in [-0.2, -0.15) is 0 Å². The zero-order valence-corrected chi connectivity index (χ0v) is 43.9. The zero-order valence-electron chi connectivity index (χ0n) is 40.5. The van der Waals surface area contributed by atoms with Gasteiger partial charge in [-0.3, -0.25) is 0 Å². The van der Waals surface area contributed by atoms with Crippen molar-refractivity contribution in [3.05, 3.63) is 241 Å². The minimum atomic E-state index is 0.269. The molecule has 0 saturated heterocycles. The van der Waals surface area contributed by atoms with Crippen LogP contribution in [0.25, 0.3) is 93.2 Å². The molecule has 0 atom stereocenters. The normalized spacial score (nSPS) is 11.9. The Morgan fingerprint density at radius 2 is 0.653 bits per heavy atom. The number of para-hydroxylation sites is 2. The predicted octanol–water partition coefficient (Wildman–Crippen LogP) is 18.8. The van der Waals surface area contributed by atoms with Crippen molar-refractivity contribution in [1.82, 2.24) is 0 Å². The second kappa shape index (κ2) is 17.0. The number of hydrogen-bond acceptors (Lipinski definition) is 2. The summed E-state index contributed by atoms with van der Waals surface area (Å²) in [5.41, 5.74) is 17.2. The first-order chi connectivity index (χ1) is 35.4. The summed E-state index contributed by atoms with van der Waals surface area (Å²) in [6.07, 6.45) is 0. The van der Waals surface area contributed by atoms with Gasteiger partial charge in [0.25, 0.3) is 0 Å². The van der Waals surface area contributed by atoms with E-state index in [0.717, 1.165) is 11.4 Å². The Kier molecular flexibility index (Phi) is 10.2. The number of fused-ring (bicyclic) bond motifs is 6. The Balaban J connectivity index is 0.933. The second-order valence-corrected chi connectivity index (χ2v) is 23.8. The van der Waals surface area contributed by atoms with Crippen LogP contribution in [0, 0.1) is 27.7 Å². The molecule has 14 rings (SSSR count). The van der Waals surface area contributed by atoms with E-state index in [1.54, 1.807) is 0 Å². The number of nitrogens with zero attached hydrogens (tertiary/aromatic N) is 2. The molecule has 0 saturated carbocycles. The molecule has 342 valence electrons. The van der Waals surface area contributed by atoms with Crippen LogP contribution in [0.15, 0.2) is 218 Å². The average Bonchev–Trinajstić information content (AvgIpc) is 4.00. The van der Waals surface area contributed by atoms with Gasteiger partial charge in [-0.25, -0.2) is 0 Å². The van der Waals surface area contributed by atoms with Crippen LogP contribution in [-0.2, 0) is 0 Å². The molecule has 0 aliphatic rings. The van der Waals surface area contributed by atoms with Gasteiger partial charge in [0, 0.05) is 0 Å². The van der Waals surface area contributed by atoms with Crippen LogP contribution in [0.5, 0.6) is 0 Å². The van der Waals surface area contributed by atoms with Crippen molar-refractivity contribution < 1.29 is 0 Å². The molecule has 2 nitrogen and oxygen atoms in total. The van der Waals surface area contributed by atoms with E-state index in [2.05, 4.69) is 256 Å². The SMILES string of the molecule is Cc1cccc(C)c1N(c1ccc(-c2cccc3c2[se]c2ccccc23)cc1)c1ccc2ccc3c(N(c4ccc(-c5cccc6c5[se]c5ccccc56)cc4)c4c(C)cccc4C)ccc4ccc1c2c43. The molecule has 0 unspecified atom stereocenters. The molecule has 0 bridgehead atoms. The summed E-state index contributed by atoms with van der Waals surface area (Å²) >= 11 is 0.537. The maximum atomic E-state index is 2.52. The van der Waals surface area contributed by atoms with Crippen LogP contribution in [0.4, 0.5) is 34.1 Å². The second-order valence-electron chi connectivity index (χ2n) is 19.4. The topological polar surface area (TPSA) is 6.48 Å². The maximum absolute atomic E-state index is 2.52. The number of benzene rings is 12. The molecule has 0 N–H and O–H groups in total. The summed E-state index contributed by atoms with van der Waals surface area (Å²) in [5.74, 6) is 0. The van der Waals surface area contributed by atoms with Gasteiger partial charge in [-0.15, -0.1) is 0 Å². The molecular weight excluding hydrogens is 1000 g/mol. The van der Waals surface area contributed by atoms with Gasteiger partial charge in [-0.05, 0) is 0 Å². The van der Waals surface area contributed by atoms with Gasteiger partial charge in [0.05, 0.1) is 0 Å². The van der Waals surface area contributed by atoms with Crippen LogP contribution in [0.2, 0.25) is 0 Å². The molecule has 0 aliphatic heterocycles. The van der Waals surface area contributed by atoms with Gasteiger partial charge in [0.2, 0.25) is 0 Å². The minimum absolute atomic E-state index is 0.269. The van der Waals surface area contributed by atoms with E-state index in [1.807, 2.05) is 0 Å². The quantitative estimate of drug-likeness (QED) is 0.111. The van der Waals surface area contributed by atoms with Crippen LogP contribution in [0.1, 0.15) is 22.3 Å². The Labute approximate surface area is 431 Å². The predicted molar refractivity (Wildman–Crippen MR) is 313 cm³/mol. The number of hydrogen-bond donors (Lipinski definition) is 0. The average molecular weight is 1050 g/mol. The third-order valence-corrected chi connectivity index (χ3v) is 20.2. The number of rotatable bonds is 8. The van der Waals surface area contributed by atoms with Crippen LogP contribution in [-0.4, -0.2) is 29.0 Å². The van der Waals surface area contributed by atoms with E-state index in [1.165, 1.54) is 138 Å². The van der Waals surface area contributed by atoms with E-state index in [4.69, 9.17) is 0 Å². The number of aryl methyl sites for hydroxylation is 4. The van der Waals surface area contributed by atoms with E-state index in [-0.39, 0.29) is 29.0 Å². The van der Waals surface area contributed by atoms with Gasteiger partial charge < -0.3 is 0 Å². The fourth-order valence-corrected chi connectivity index (χ4v) is 17.0. The molecular formula is C68H48N2Se2. The molecule has 0 amide bonds. The molecule has 2 aromatic heterocycles. The van der Waals surface area contributed by atoms with Crippen molar-refractivity contribution in [1.29, 1.82) is 0 Å². The Hall–Kier alpha value is -7.68. The summed E-state index contributed by atoms with van der Waals surface area (Å²) in [7, 11) is 0. The van der Waals surface area contributed by atoms with Crippen molar-refractivity contribution in [2.45, 2.75) is 27.7 Å². The first-order valence-electron chi connectivity index (χ1n) is 24.8. The molecule has 72 heavy (non-hydrogen) atoms. The fourth-order valence-electron chi connectivity index (χ4n) is 11.8. The molecule has 0 spiro atoms. The van der Waals surface area contributed by atoms with Gasteiger partial charge in [-0.1, -0.05) is 0 Å². The summed E-state index contributed by atoms with van der Waals surface area (Å²) in [6.45, 7) is 9.00. The summed E-state index contributed by atoms with van der Waals surface area (Å²) in [4.78, 5) is 5.03. The van der Waals surface area contributed by atoms with Crippen LogP contribution < -0.4 is 9.80 Å². The third-order valence-electron chi connectivity index (χ3n) is 15.1. The van der Waals surface area contributed by atoms with Crippen molar-refractivity contribution in [2.24, 2.45) is 0 Å². The third kappa shape index (κ3) is 6.75. The summed E-state index contributed by atoms with van der Waals surface area (Å²) in [5, 5.41) is 13.1. The Bertz CT molecular complexity index is 4120. The molecule has 14 aromatic rings. The number of anilines is 6. The monoisotopic (exact) mass is 1050 g/mol. The first kappa shape index (κ1) is 43.1. The molecule has 0 fully saturated rings. The van der Waals surface area contributed by atoms with Crippen molar-refractivity contribution in [2.75, 3.05) is 9.80 Å². The molecule has 0 aliphatic carbocycles. The standard InChI is InChI=1S/C68H48N2Se2/c1-41-13-9-14-42(2)65(41)69(49-33-25-45(26-34-49)51-19-11-21-55-53-17-5-7-23-61(53)71-67(51)55)59-39-31-47-30-38-58-60(40-32-48-29-37-57(59)63(47)64(48)58)70(66-43(3)15-10-16-44(66)4)50-35-27-46(28-36-50)52-20-12-22-56-54-18-6-8-24-62(54)72-68(52)56/h5-40H,1-4H3. The van der Waals surface area contributed by atoms with E-state index >= 15 is 0 Å². The molecule has 12 aromatic carbocycles. The Morgan fingerprint density at radius 1 is 0.292 bits per heavy atom. The Morgan fingerprint density at radius 3 is 1.07 bits per heavy atom. The zero-order chi connectivity index (χ0) is 48.2. The summed E-state index contributed by atoms with van der Waals surface area (Å²) < 4.78 is 5.90. The molecule has 0 radical (unpaired) electrons. The van der Waals surface area contributed by atoms with Crippen molar-refractivity contribution in [3.8, 4) is 22.3 Å². The summed E-state index contributed by atoms with van der Waals surface area (Å²) in [6, 6.07) is 82.4. The molecule has 2 heterocycles. The van der Waals surface area contributed by atoms with Crippen molar-refractivity contribution >= 4 is 134 Å². The van der Waals surface area contributed by atoms with E-state index < -0.39 is 0 Å². The first-order valence-corrected chi connectivity index (χ1v) is 28.3. The molecule has 4 heteroatoms. The van der Waals surface area contributed by atoms with E-state index in [9.17, 15) is 0 Å². The van der Waals surface area contributed by atoms with Crippen LogP contribution >= 0.6 is 0 Å². The van der Waals surface area contributed by atoms with Gasteiger partial charge in [0.15, 0.2) is 0 Å². The van der Waals surface area contributed by atoms with Crippen LogP contribution in [0.3, 0.4) is 0 Å². The van der Waals surface area contributed by atoms with Gasteiger partial charge >= 0.3 is 434 Å². The van der Waals surface area contributed by atoms with Gasteiger partial charge in [0.1, 0.15) is 0 Å².